The summed E-state index contributed by atoms with van der Waals surface area (Å²) in [6.45, 7) is 7.94. The van der Waals surface area contributed by atoms with Gasteiger partial charge in [-0.25, -0.2) is 4.79 Å². The van der Waals surface area contributed by atoms with E-state index in [9.17, 15) is 14.4 Å². The van der Waals surface area contributed by atoms with Gasteiger partial charge in [-0.05, 0) is 48.2 Å². The predicted molar refractivity (Wildman–Crippen MR) is 131 cm³/mol. The molecule has 35 heavy (non-hydrogen) atoms. The molecule has 0 aliphatic carbocycles. The maximum Gasteiger partial charge on any atom is 0.341 e. The van der Waals surface area contributed by atoms with Crippen LogP contribution in [0.5, 0.6) is 11.5 Å². The van der Waals surface area contributed by atoms with Crippen molar-refractivity contribution in [3.8, 4) is 11.5 Å². The summed E-state index contributed by atoms with van der Waals surface area (Å²) in [7, 11) is 1.53. The molecule has 1 heterocycles. The Hall–Kier alpha value is -3.88. The van der Waals surface area contributed by atoms with Crippen LogP contribution in [0.3, 0.4) is 0 Å². The minimum absolute atomic E-state index is 0.0221. The molecule has 3 N–H and O–H groups in total. The zero-order valence-electron chi connectivity index (χ0n) is 20.7. The molecule has 9 heteroatoms. The predicted octanol–water partition coefficient (Wildman–Crippen LogP) is 3.23. The number of ether oxygens (including phenoxy) is 2. The van der Waals surface area contributed by atoms with E-state index in [1.807, 2.05) is 27.7 Å². The van der Waals surface area contributed by atoms with Crippen LogP contribution in [0.4, 0.5) is 0 Å². The van der Waals surface area contributed by atoms with Crippen molar-refractivity contribution < 1.29 is 29.0 Å². The van der Waals surface area contributed by atoms with Gasteiger partial charge in [0.05, 0.1) is 18.7 Å². The van der Waals surface area contributed by atoms with Gasteiger partial charge in [0.2, 0.25) is 0 Å². The average Bonchev–Trinajstić information content (AvgIpc) is 3.10. The third-order valence-electron chi connectivity index (χ3n) is 5.70. The number of nitrogens with one attached hydrogen (secondary N) is 2. The number of amides is 1. The number of amidine groups is 1. The van der Waals surface area contributed by atoms with Crippen molar-refractivity contribution in [1.29, 1.82) is 5.41 Å². The second kappa shape index (κ2) is 10.2. The van der Waals surface area contributed by atoms with Crippen LogP contribution in [0.25, 0.3) is 0 Å². The maximum atomic E-state index is 13.2. The molecule has 1 amide bonds. The highest BCUT2D eigenvalue weighted by Crippen LogP contribution is 2.33. The molecule has 2 aromatic rings. The molecule has 0 aromatic heterocycles. The zero-order valence-corrected chi connectivity index (χ0v) is 20.7. The Balaban J connectivity index is 1.85. The van der Waals surface area contributed by atoms with Crippen LogP contribution in [0.15, 0.2) is 30.3 Å². The number of nitrogens with zero attached hydrogens (tertiary/aromatic N) is 1. The van der Waals surface area contributed by atoms with E-state index in [1.165, 1.54) is 7.05 Å². The second-order valence-corrected chi connectivity index (χ2v) is 9.29. The van der Waals surface area contributed by atoms with Crippen LogP contribution in [0.2, 0.25) is 0 Å². The van der Waals surface area contributed by atoms with E-state index in [0.29, 0.717) is 41.3 Å². The molecule has 0 saturated heterocycles. The van der Waals surface area contributed by atoms with Crippen molar-refractivity contribution in [2.45, 2.75) is 39.7 Å². The SMILES string of the molecule is CCOc1cc2c(cc1C(=O)NC)C(=N)N(CC(=O)c1ccc(OCC(=O)O)c(C(C)(C)C)c1)C2. The molecule has 2 aromatic carbocycles. The number of carbonyl (C=O) groups is 3. The first-order valence-electron chi connectivity index (χ1n) is 11.3. The summed E-state index contributed by atoms with van der Waals surface area (Å²) in [6.07, 6.45) is 0. The topological polar surface area (TPSA) is 129 Å². The van der Waals surface area contributed by atoms with Crippen LogP contribution >= 0.6 is 0 Å². The van der Waals surface area contributed by atoms with Gasteiger partial charge in [-0.1, -0.05) is 20.8 Å². The average molecular weight is 482 g/mol. The number of rotatable bonds is 9. The van der Waals surface area contributed by atoms with Crippen molar-refractivity contribution in [1.82, 2.24) is 10.2 Å². The fraction of sp³-hybridized carbons (Fsp3) is 0.385. The molecule has 0 radical (unpaired) electrons. The van der Waals surface area contributed by atoms with Gasteiger partial charge >= 0.3 is 5.97 Å². The lowest BCUT2D eigenvalue weighted by atomic mass is 9.85. The summed E-state index contributed by atoms with van der Waals surface area (Å²) in [5.74, 6) is -0.544. The Bertz CT molecular complexity index is 1180. The third-order valence-corrected chi connectivity index (χ3v) is 5.70. The Morgan fingerprint density at radius 1 is 1.11 bits per heavy atom. The van der Waals surface area contributed by atoms with Crippen LogP contribution in [0, 0.1) is 5.41 Å². The molecule has 0 spiro atoms. The third kappa shape index (κ3) is 5.62. The minimum Gasteiger partial charge on any atom is -0.493 e. The molecule has 3 rings (SSSR count). The van der Waals surface area contributed by atoms with Crippen molar-refractivity contribution in [2.24, 2.45) is 0 Å². The fourth-order valence-electron chi connectivity index (χ4n) is 3.97. The Kier molecular flexibility index (Phi) is 7.48. The van der Waals surface area contributed by atoms with Gasteiger partial charge in [0.1, 0.15) is 17.3 Å². The molecule has 0 atom stereocenters. The van der Waals surface area contributed by atoms with E-state index >= 15 is 0 Å². The van der Waals surface area contributed by atoms with E-state index < -0.39 is 12.6 Å². The highest BCUT2D eigenvalue weighted by Gasteiger charge is 2.30. The van der Waals surface area contributed by atoms with Crippen LogP contribution < -0.4 is 14.8 Å². The molecule has 0 fully saturated rings. The largest absolute Gasteiger partial charge is 0.493 e. The number of hydrogen-bond acceptors (Lipinski definition) is 6. The molecule has 0 bridgehead atoms. The molecule has 1 aliphatic rings. The summed E-state index contributed by atoms with van der Waals surface area (Å²) in [5.41, 5.74) is 2.53. The van der Waals surface area contributed by atoms with Gasteiger partial charge in [-0.3, -0.25) is 15.0 Å². The first-order valence-corrected chi connectivity index (χ1v) is 11.3. The molecule has 0 saturated carbocycles. The molecular formula is C26H31N3O6. The lowest BCUT2D eigenvalue weighted by molar-refractivity contribution is -0.139. The van der Waals surface area contributed by atoms with E-state index in [2.05, 4.69) is 5.32 Å². The highest BCUT2D eigenvalue weighted by atomic mass is 16.5. The molecule has 1 aliphatic heterocycles. The molecule has 0 unspecified atom stereocenters. The second-order valence-electron chi connectivity index (χ2n) is 9.29. The van der Waals surface area contributed by atoms with Crippen LogP contribution in [-0.2, 0) is 16.8 Å². The van der Waals surface area contributed by atoms with Gasteiger partial charge in [-0.15, -0.1) is 0 Å². The number of carboxylic acids is 1. The number of carboxylic acid groups (broad SMARTS) is 1. The summed E-state index contributed by atoms with van der Waals surface area (Å²) in [5, 5.41) is 20.1. The van der Waals surface area contributed by atoms with Crippen molar-refractivity contribution in [2.75, 3.05) is 26.8 Å². The quantitative estimate of drug-likeness (QED) is 0.469. The zero-order chi connectivity index (χ0) is 25.9. The molecule has 186 valence electrons. The number of hydrogen-bond donors (Lipinski definition) is 3. The Morgan fingerprint density at radius 3 is 2.43 bits per heavy atom. The van der Waals surface area contributed by atoms with Gasteiger partial charge in [0.15, 0.2) is 12.4 Å². The normalized spacial score (nSPS) is 12.8. The Labute approximate surface area is 204 Å². The number of benzene rings is 2. The lowest BCUT2D eigenvalue weighted by Crippen LogP contribution is -2.30. The first kappa shape index (κ1) is 25.7. The highest BCUT2D eigenvalue weighted by molar-refractivity contribution is 6.07. The van der Waals surface area contributed by atoms with Crippen molar-refractivity contribution >= 4 is 23.5 Å². The van der Waals surface area contributed by atoms with E-state index in [1.54, 1.807) is 35.2 Å². The summed E-state index contributed by atoms with van der Waals surface area (Å²) >= 11 is 0. The monoisotopic (exact) mass is 481 g/mol. The number of aliphatic carboxylic acids is 1. The maximum absolute atomic E-state index is 13.2. The van der Waals surface area contributed by atoms with E-state index in [0.717, 1.165) is 11.1 Å². The van der Waals surface area contributed by atoms with Gasteiger partial charge in [0.25, 0.3) is 5.91 Å². The van der Waals surface area contributed by atoms with Crippen molar-refractivity contribution in [3.05, 3.63) is 58.1 Å². The Morgan fingerprint density at radius 2 is 1.83 bits per heavy atom. The molecular weight excluding hydrogens is 450 g/mol. The van der Waals surface area contributed by atoms with Crippen LogP contribution in [0.1, 0.15) is 65.1 Å². The minimum atomic E-state index is -1.08. The first-order chi connectivity index (χ1) is 16.5. The number of fused-ring (bicyclic) bond motifs is 1. The van der Waals surface area contributed by atoms with E-state index in [-0.39, 0.29) is 29.5 Å². The van der Waals surface area contributed by atoms with Gasteiger partial charge < -0.3 is 24.8 Å². The van der Waals surface area contributed by atoms with Gasteiger partial charge in [-0.2, -0.15) is 0 Å². The number of carbonyl (C=O) groups excluding carboxylic acids is 2. The number of ketones is 1. The smallest absolute Gasteiger partial charge is 0.341 e. The summed E-state index contributed by atoms with van der Waals surface area (Å²) < 4.78 is 11.1. The summed E-state index contributed by atoms with van der Waals surface area (Å²) in [6, 6.07) is 8.35. The van der Waals surface area contributed by atoms with Gasteiger partial charge in [0, 0.05) is 30.3 Å². The molecule has 9 nitrogen and oxygen atoms in total. The fourth-order valence-corrected chi connectivity index (χ4v) is 3.97. The standard InChI is InChI=1S/C26H31N3O6/c1-6-34-22-10-16-12-29(24(27)17(16)11-18(22)25(33)28-5)13-20(30)15-7-8-21(35-14-23(31)32)19(9-15)26(2,3)4/h7-11,27H,6,12-14H2,1-5H3,(H,28,33)(H,31,32). The lowest BCUT2D eigenvalue weighted by Gasteiger charge is -2.24. The van der Waals surface area contributed by atoms with Crippen molar-refractivity contribution in [3.63, 3.8) is 0 Å². The van der Waals surface area contributed by atoms with Crippen LogP contribution in [-0.4, -0.2) is 60.3 Å². The number of Topliss-reactive ketones (excluding diaryl/α,β-unsaturated/α-hetero) is 1. The summed E-state index contributed by atoms with van der Waals surface area (Å²) in [4.78, 5) is 38.1. The van der Waals surface area contributed by atoms with E-state index in [4.69, 9.17) is 20.0 Å².